The van der Waals surface area contributed by atoms with Crippen LogP contribution in [0.1, 0.15) is 46.0 Å². The highest BCUT2D eigenvalue weighted by atomic mass is 16.5. The molecule has 0 radical (unpaired) electrons. The molecule has 0 aliphatic heterocycles. The minimum Gasteiger partial charge on any atom is -0.505 e. The lowest BCUT2D eigenvalue weighted by atomic mass is 10.0. The van der Waals surface area contributed by atoms with E-state index in [0.29, 0.717) is 11.5 Å². The van der Waals surface area contributed by atoms with Gasteiger partial charge < -0.3 is 15.2 Å². The zero-order chi connectivity index (χ0) is 17.0. The monoisotopic (exact) mass is 313 g/mol. The second-order valence-electron chi connectivity index (χ2n) is 5.42. The van der Waals surface area contributed by atoms with Gasteiger partial charge in [-0.25, -0.2) is 4.79 Å². The summed E-state index contributed by atoms with van der Waals surface area (Å²) in [6, 6.07) is 11.7. The summed E-state index contributed by atoms with van der Waals surface area (Å²) in [6.07, 6.45) is 0. The van der Waals surface area contributed by atoms with E-state index in [0.717, 1.165) is 5.56 Å². The van der Waals surface area contributed by atoms with Crippen LogP contribution in [0.25, 0.3) is 0 Å². The average molecular weight is 313 g/mol. The molecular formula is C18H19NO4. The molecule has 2 N–H and O–H groups in total. The zero-order valence-electron chi connectivity index (χ0n) is 13.3. The first-order valence-corrected chi connectivity index (χ1v) is 7.25. The molecule has 0 aromatic heterocycles. The summed E-state index contributed by atoms with van der Waals surface area (Å²) in [5.74, 6) is -0.961. The van der Waals surface area contributed by atoms with Crippen molar-refractivity contribution in [2.24, 2.45) is 0 Å². The number of aromatic hydroxyl groups is 1. The number of anilines is 1. The number of carbonyl (C=O) groups is 2. The van der Waals surface area contributed by atoms with Crippen molar-refractivity contribution >= 4 is 17.6 Å². The first kappa shape index (κ1) is 16.5. The predicted octanol–water partition coefficient (Wildman–Crippen LogP) is 3.55. The molecule has 23 heavy (non-hydrogen) atoms. The van der Waals surface area contributed by atoms with Crippen LogP contribution in [0.4, 0.5) is 5.69 Å². The Bertz CT molecular complexity index is 720. The predicted molar refractivity (Wildman–Crippen MR) is 87.9 cm³/mol. The Balaban J connectivity index is 2.22. The van der Waals surface area contributed by atoms with E-state index in [1.807, 2.05) is 12.1 Å². The molecule has 0 fully saturated rings. The number of nitrogens with one attached hydrogen (secondary N) is 1. The molecule has 5 heteroatoms. The molecular weight excluding hydrogens is 294 g/mol. The van der Waals surface area contributed by atoms with Gasteiger partial charge in [-0.2, -0.15) is 0 Å². The Morgan fingerprint density at radius 2 is 1.74 bits per heavy atom. The number of hydrogen-bond donors (Lipinski definition) is 2. The van der Waals surface area contributed by atoms with Crippen molar-refractivity contribution in [2.45, 2.75) is 19.8 Å². The molecule has 0 saturated carbocycles. The minimum atomic E-state index is -0.667. The summed E-state index contributed by atoms with van der Waals surface area (Å²) in [6.45, 7) is 4.15. The van der Waals surface area contributed by atoms with E-state index in [4.69, 9.17) is 0 Å². The van der Waals surface area contributed by atoms with E-state index in [9.17, 15) is 14.7 Å². The van der Waals surface area contributed by atoms with Crippen LogP contribution >= 0.6 is 0 Å². The average Bonchev–Trinajstić information content (AvgIpc) is 2.56. The van der Waals surface area contributed by atoms with E-state index < -0.39 is 5.97 Å². The van der Waals surface area contributed by atoms with Crippen molar-refractivity contribution in [3.63, 3.8) is 0 Å². The zero-order valence-corrected chi connectivity index (χ0v) is 13.3. The van der Waals surface area contributed by atoms with Gasteiger partial charge in [0.05, 0.1) is 12.8 Å². The van der Waals surface area contributed by atoms with Gasteiger partial charge in [0.2, 0.25) is 0 Å². The van der Waals surface area contributed by atoms with E-state index in [2.05, 4.69) is 23.9 Å². The van der Waals surface area contributed by atoms with Crippen molar-refractivity contribution in [2.75, 3.05) is 12.4 Å². The number of phenolic OH excluding ortho intramolecular Hbond substituents is 1. The van der Waals surface area contributed by atoms with Crippen LogP contribution < -0.4 is 5.32 Å². The van der Waals surface area contributed by atoms with Crippen LogP contribution in [-0.4, -0.2) is 24.1 Å². The first-order valence-electron chi connectivity index (χ1n) is 7.25. The Hall–Kier alpha value is -2.82. The van der Waals surface area contributed by atoms with Crippen LogP contribution in [0.2, 0.25) is 0 Å². The minimum absolute atomic E-state index is 0.000422. The lowest BCUT2D eigenvalue weighted by Crippen LogP contribution is -2.13. The number of benzene rings is 2. The summed E-state index contributed by atoms with van der Waals surface area (Å²) >= 11 is 0. The van der Waals surface area contributed by atoms with Gasteiger partial charge in [-0.05, 0) is 35.7 Å². The molecule has 0 aliphatic rings. The van der Waals surface area contributed by atoms with Crippen molar-refractivity contribution in [3.05, 3.63) is 59.2 Å². The molecule has 0 saturated heterocycles. The molecule has 0 spiro atoms. The van der Waals surface area contributed by atoms with Crippen molar-refractivity contribution < 1.29 is 19.4 Å². The summed E-state index contributed by atoms with van der Waals surface area (Å²) in [4.78, 5) is 23.8. The second kappa shape index (κ2) is 6.96. The first-order chi connectivity index (χ1) is 10.9. The highest BCUT2D eigenvalue weighted by molar-refractivity contribution is 6.06. The maximum absolute atomic E-state index is 12.3. The quantitative estimate of drug-likeness (QED) is 0.668. The molecule has 2 rings (SSSR count). The highest BCUT2D eigenvalue weighted by Crippen LogP contribution is 2.28. The van der Waals surface area contributed by atoms with E-state index >= 15 is 0 Å². The third-order valence-corrected chi connectivity index (χ3v) is 3.53. The Labute approximate surface area is 134 Å². The number of carbonyl (C=O) groups excluding carboxylic acids is 2. The number of para-hydroxylation sites is 1. The summed E-state index contributed by atoms with van der Waals surface area (Å²) in [5.41, 5.74) is 1.76. The van der Waals surface area contributed by atoms with E-state index in [1.54, 1.807) is 18.2 Å². The SMILES string of the molecule is COC(=O)c1cccc(NC(=O)c2ccc(C(C)C)cc2)c1O. The molecule has 0 atom stereocenters. The van der Waals surface area contributed by atoms with Gasteiger partial charge in [-0.15, -0.1) is 0 Å². The third kappa shape index (κ3) is 3.69. The fourth-order valence-electron chi connectivity index (χ4n) is 2.13. The lowest BCUT2D eigenvalue weighted by Gasteiger charge is -2.11. The van der Waals surface area contributed by atoms with Crippen LogP contribution in [0.3, 0.4) is 0 Å². The summed E-state index contributed by atoms with van der Waals surface area (Å²) in [5, 5.41) is 12.7. The van der Waals surface area contributed by atoms with Gasteiger partial charge in [0.15, 0.2) is 5.75 Å². The van der Waals surface area contributed by atoms with E-state index in [1.165, 1.54) is 19.2 Å². The van der Waals surface area contributed by atoms with Gasteiger partial charge in [0.1, 0.15) is 5.56 Å². The molecule has 0 heterocycles. The van der Waals surface area contributed by atoms with Gasteiger partial charge in [0, 0.05) is 5.56 Å². The molecule has 2 aromatic rings. The number of hydrogen-bond acceptors (Lipinski definition) is 4. The largest absolute Gasteiger partial charge is 0.505 e. The standard InChI is InChI=1S/C18H19NO4/c1-11(2)12-7-9-13(10-8-12)17(21)19-15-6-4-5-14(16(15)20)18(22)23-3/h4-11,20H,1-3H3,(H,19,21). The third-order valence-electron chi connectivity index (χ3n) is 3.53. The normalized spacial score (nSPS) is 10.4. The Kier molecular flexibility index (Phi) is 5.01. The maximum Gasteiger partial charge on any atom is 0.341 e. The number of ether oxygens (including phenoxy) is 1. The van der Waals surface area contributed by atoms with Crippen molar-refractivity contribution in [3.8, 4) is 5.75 Å². The van der Waals surface area contributed by atoms with Gasteiger partial charge in [-0.1, -0.05) is 32.0 Å². The molecule has 0 aliphatic carbocycles. The molecule has 0 unspecified atom stereocenters. The molecule has 120 valence electrons. The number of esters is 1. The van der Waals surface area contributed by atoms with Gasteiger partial charge in [-0.3, -0.25) is 4.79 Å². The number of amides is 1. The highest BCUT2D eigenvalue weighted by Gasteiger charge is 2.16. The topological polar surface area (TPSA) is 75.6 Å². The maximum atomic E-state index is 12.3. The molecule has 2 aromatic carbocycles. The van der Waals surface area contributed by atoms with Crippen LogP contribution in [0, 0.1) is 0 Å². The summed E-state index contributed by atoms with van der Waals surface area (Å²) in [7, 11) is 1.23. The van der Waals surface area contributed by atoms with Gasteiger partial charge in [0.25, 0.3) is 5.91 Å². The second-order valence-corrected chi connectivity index (χ2v) is 5.42. The van der Waals surface area contributed by atoms with E-state index in [-0.39, 0.29) is 22.9 Å². The number of rotatable bonds is 4. The fraction of sp³-hybridized carbons (Fsp3) is 0.222. The van der Waals surface area contributed by atoms with Crippen molar-refractivity contribution in [1.29, 1.82) is 0 Å². The van der Waals surface area contributed by atoms with Crippen LogP contribution in [-0.2, 0) is 4.74 Å². The molecule has 5 nitrogen and oxygen atoms in total. The Morgan fingerprint density at radius 1 is 1.09 bits per heavy atom. The fourth-order valence-corrected chi connectivity index (χ4v) is 2.13. The smallest absolute Gasteiger partial charge is 0.341 e. The summed E-state index contributed by atoms with van der Waals surface area (Å²) < 4.78 is 4.59. The lowest BCUT2D eigenvalue weighted by molar-refractivity contribution is 0.0597. The Morgan fingerprint density at radius 3 is 2.30 bits per heavy atom. The molecule has 0 bridgehead atoms. The van der Waals surface area contributed by atoms with Crippen molar-refractivity contribution in [1.82, 2.24) is 0 Å². The molecule has 1 amide bonds. The number of phenols is 1. The van der Waals surface area contributed by atoms with Crippen LogP contribution in [0.5, 0.6) is 5.75 Å². The van der Waals surface area contributed by atoms with Crippen LogP contribution in [0.15, 0.2) is 42.5 Å². The van der Waals surface area contributed by atoms with Gasteiger partial charge >= 0.3 is 5.97 Å². The number of methoxy groups -OCH3 is 1.